The summed E-state index contributed by atoms with van der Waals surface area (Å²) in [5.41, 5.74) is 7.50. The van der Waals surface area contributed by atoms with Gasteiger partial charge >= 0.3 is 0 Å². The second kappa shape index (κ2) is 8.09. The van der Waals surface area contributed by atoms with Gasteiger partial charge in [-0.2, -0.15) is 0 Å². The smallest absolute Gasteiger partial charge is 0.0991 e. The molecule has 0 spiro atoms. The number of imidazole rings is 1. The van der Waals surface area contributed by atoms with Gasteiger partial charge in [0.1, 0.15) is 0 Å². The third kappa shape index (κ3) is 3.86. The summed E-state index contributed by atoms with van der Waals surface area (Å²) in [6.45, 7) is 9.73. The lowest BCUT2D eigenvalue weighted by molar-refractivity contribution is 0.713. The lowest BCUT2D eigenvalue weighted by atomic mass is 10.0. The van der Waals surface area contributed by atoms with E-state index in [4.69, 9.17) is 4.98 Å². The molecule has 158 valence electrons. The van der Waals surface area contributed by atoms with Crippen LogP contribution in [0.1, 0.15) is 40.9 Å². The Morgan fingerprint density at radius 3 is 2.68 bits per heavy atom. The van der Waals surface area contributed by atoms with Crippen molar-refractivity contribution in [3.05, 3.63) is 75.6 Å². The van der Waals surface area contributed by atoms with Gasteiger partial charge in [0.05, 0.1) is 32.9 Å². The summed E-state index contributed by atoms with van der Waals surface area (Å²) in [7, 11) is 0. The van der Waals surface area contributed by atoms with Crippen LogP contribution in [0.25, 0.3) is 27.2 Å². The van der Waals surface area contributed by atoms with Crippen molar-refractivity contribution in [2.45, 2.75) is 46.6 Å². The maximum atomic E-state index is 4.85. The molecule has 31 heavy (non-hydrogen) atoms. The van der Waals surface area contributed by atoms with Crippen LogP contribution in [0.15, 0.2) is 54.4 Å². The SMILES string of the molecule is Cc1cc2c(cc(-c3ccc(-n4ccnc4)cc3C)n2CCc2csc(C(C)C)n2)s1. The number of benzene rings is 1. The van der Waals surface area contributed by atoms with Crippen LogP contribution in [0.5, 0.6) is 0 Å². The minimum atomic E-state index is 0.490. The molecule has 0 aliphatic heterocycles. The summed E-state index contributed by atoms with van der Waals surface area (Å²) in [6, 6.07) is 11.3. The summed E-state index contributed by atoms with van der Waals surface area (Å²) in [6.07, 6.45) is 6.58. The molecule has 1 aromatic carbocycles. The van der Waals surface area contributed by atoms with Crippen LogP contribution >= 0.6 is 22.7 Å². The van der Waals surface area contributed by atoms with Gasteiger partial charge in [-0.15, -0.1) is 22.7 Å². The molecule has 0 atom stereocenters. The number of hydrogen-bond donors (Lipinski definition) is 0. The van der Waals surface area contributed by atoms with E-state index in [0.717, 1.165) is 18.7 Å². The van der Waals surface area contributed by atoms with Gasteiger partial charge in [-0.05, 0) is 43.7 Å². The Bertz CT molecular complexity index is 1340. The minimum absolute atomic E-state index is 0.490. The lowest BCUT2D eigenvalue weighted by Crippen LogP contribution is -2.04. The van der Waals surface area contributed by atoms with Gasteiger partial charge in [0.2, 0.25) is 0 Å². The van der Waals surface area contributed by atoms with Gasteiger partial charge in [0, 0.05) is 52.8 Å². The molecule has 4 aromatic heterocycles. The van der Waals surface area contributed by atoms with Crippen molar-refractivity contribution in [2.75, 3.05) is 0 Å². The number of hydrogen-bond acceptors (Lipinski definition) is 4. The summed E-state index contributed by atoms with van der Waals surface area (Å²) >= 11 is 3.65. The molecule has 0 aliphatic carbocycles. The quantitative estimate of drug-likeness (QED) is 0.282. The summed E-state index contributed by atoms with van der Waals surface area (Å²) in [4.78, 5) is 10.4. The molecule has 0 unspecified atom stereocenters. The van der Waals surface area contributed by atoms with E-state index in [-0.39, 0.29) is 0 Å². The monoisotopic (exact) mass is 446 g/mol. The van der Waals surface area contributed by atoms with Crippen LogP contribution in [0.2, 0.25) is 0 Å². The Morgan fingerprint density at radius 2 is 1.97 bits per heavy atom. The first kappa shape index (κ1) is 20.2. The summed E-state index contributed by atoms with van der Waals surface area (Å²) in [5, 5.41) is 3.45. The maximum Gasteiger partial charge on any atom is 0.0991 e. The van der Waals surface area contributed by atoms with E-state index >= 15 is 0 Å². The first-order chi connectivity index (χ1) is 15.0. The van der Waals surface area contributed by atoms with Gasteiger partial charge in [-0.25, -0.2) is 9.97 Å². The molecule has 4 nitrogen and oxygen atoms in total. The molecular formula is C25H26N4S2. The average molecular weight is 447 g/mol. The van der Waals surface area contributed by atoms with Gasteiger partial charge in [0.25, 0.3) is 0 Å². The fourth-order valence-corrected chi connectivity index (χ4v) is 5.90. The average Bonchev–Trinajstić information content (AvgIpc) is 3.51. The first-order valence-electron chi connectivity index (χ1n) is 10.6. The van der Waals surface area contributed by atoms with Crippen molar-refractivity contribution in [3.8, 4) is 16.9 Å². The van der Waals surface area contributed by atoms with Crippen molar-refractivity contribution in [1.29, 1.82) is 0 Å². The molecule has 0 bridgehead atoms. The van der Waals surface area contributed by atoms with E-state index in [1.165, 1.54) is 42.6 Å². The molecule has 0 amide bonds. The highest BCUT2D eigenvalue weighted by molar-refractivity contribution is 7.19. The topological polar surface area (TPSA) is 35.6 Å². The Labute approximate surface area is 190 Å². The van der Waals surface area contributed by atoms with E-state index in [0.29, 0.717) is 5.92 Å². The third-order valence-corrected chi connectivity index (χ3v) is 7.84. The fourth-order valence-electron chi connectivity index (χ4n) is 4.07. The number of thiophene rings is 1. The number of nitrogens with zero attached hydrogens (tertiary/aromatic N) is 4. The second-order valence-electron chi connectivity index (χ2n) is 8.34. The first-order valence-corrected chi connectivity index (χ1v) is 12.3. The van der Waals surface area contributed by atoms with E-state index in [9.17, 15) is 0 Å². The number of aryl methyl sites for hydroxylation is 4. The number of fused-ring (bicyclic) bond motifs is 1. The van der Waals surface area contributed by atoms with Crippen molar-refractivity contribution < 1.29 is 0 Å². The second-order valence-corrected chi connectivity index (χ2v) is 10.5. The zero-order valence-electron chi connectivity index (χ0n) is 18.3. The van der Waals surface area contributed by atoms with E-state index in [1.807, 2.05) is 34.6 Å². The van der Waals surface area contributed by atoms with Crippen LogP contribution in [0.4, 0.5) is 0 Å². The lowest BCUT2D eigenvalue weighted by Gasteiger charge is -2.13. The highest BCUT2D eigenvalue weighted by Crippen LogP contribution is 2.36. The zero-order valence-corrected chi connectivity index (χ0v) is 19.9. The van der Waals surface area contributed by atoms with Gasteiger partial charge in [-0.1, -0.05) is 19.9 Å². The van der Waals surface area contributed by atoms with Crippen LogP contribution in [0, 0.1) is 13.8 Å². The highest BCUT2D eigenvalue weighted by atomic mass is 32.1. The van der Waals surface area contributed by atoms with E-state index < -0.39 is 0 Å². The number of aromatic nitrogens is 4. The predicted octanol–water partition coefficient (Wildman–Crippen LogP) is 6.99. The Balaban J connectivity index is 1.52. The molecular weight excluding hydrogens is 420 g/mol. The van der Waals surface area contributed by atoms with Gasteiger partial charge in [0.15, 0.2) is 0 Å². The van der Waals surface area contributed by atoms with Crippen LogP contribution in [0.3, 0.4) is 0 Å². The van der Waals surface area contributed by atoms with Crippen molar-refractivity contribution in [1.82, 2.24) is 19.1 Å². The molecule has 6 heteroatoms. The predicted molar refractivity (Wildman–Crippen MR) is 132 cm³/mol. The molecule has 5 aromatic rings. The Hall–Kier alpha value is -2.70. The molecule has 0 N–H and O–H groups in total. The van der Waals surface area contributed by atoms with Crippen LogP contribution in [-0.2, 0) is 13.0 Å². The van der Waals surface area contributed by atoms with E-state index in [1.54, 1.807) is 11.3 Å². The van der Waals surface area contributed by atoms with Crippen LogP contribution in [-0.4, -0.2) is 19.1 Å². The van der Waals surface area contributed by atoms with Gasteiger partial charge in [-0.3, -0.25) is 0 Å². The largest absolute Gasteiger partial charge is 0.339 e. The number of rotatable bonds is 6. The Morgan fingerprint density at radius 1 is 1.10 bits per heavy atom. The summed E-state index contributed by atoms with van der Waals surface area (Å²) < 4.78 is 5.88. The van der Waals surface area contributed by atoms with Crippen LogP contribution < -0.4 is 0 Å². The molecule has 0 saturated carbocycles. The fraction of sp³-hybridized carbons (Fsp3) is 0.280. The molecule has 0 saturated heterocycles. The normalized spacial score (nSPS) is 11.8. The van der Waals surface area contributed by atoms with Crippen molar-refractivity contribution in [3.63, 3.8) is 0 Å². The van der Waals surface area contributed by atoms with Crippen molar-refractivity contribution >= 4 is 32.9 Å². The standard InChI is InChI=1S/C25H26N4S2/c1-16(2)25-27-19(14-30-25)7-9-29-22(13-24-23(29)12-18(4)31-24)21-6-5-20(11-17(21)3)28-10-8-26-15-28/h5-6,8,10-16H,7,9H2,1-4H3. The van der Waals surface area contributed by atoms with Crippen molar-refractivity contribution in [2.24, 2.45) is 0 Å². The minimum Gasteiger partial charge on any atom is -0.339 e. The van der Waals surface area contributed by atoms with Gasteiger partial charge < -0.3 is 9.13 Å². The summed E-state index contributed by atoms with van der Waals surface area (Å²) in [5.74, 6) is 0.490. The zero-order chi connectivity index (χ0) is 21.5. The Kier molecular flexibility index (Phi) is 5.28. The highest BCUT2D eigenvalue weighted by Gasteiger charge is 2.16. The molecule has 0 aliphatic rings. The molecule has 0 fully saturated rings. The molecule has 5 rings (SSSR count). The maximum absolute atomic E-state index is 4.85. The third-order valence-electron chi connectivity index (χ3n) is 5.66. The molecule has 4 heterocycles. The number of thiazole rings is 1. The molecule has 0 radical (unpaired) electrons. The van der Waals surface area contributed by atoms with E-state index in [2.05, 4.69) is 73.0 Å².